The van der Waals surface area contributed by atoms with Gasteiger partial charge in [-0.1, -0.05) is 6.07 Å². The van der Waals surface area contributed by atoms with E-state index in [-0.39, 0.29) is 5.69 Å². The van der Waals surface area contributed by atoms with Crippen LogP contribution in [0, 0.1) is 5.82 Å². The van der Waals surface area contributed by atoms with Crippen molar-refractivity contribution in [1.29, 1.82) is 0 Å². The molecule has 0 spiro atoms. The van der Waals surface area contributed by atoms with Crippen LogP contribution in [0.3, 0.4) is 0 Å². The highest BCUT2D eigenvalue weighted by Gasteiger charge is 2.34. The molecule has 4 rings (SSSR count). The molecule has 2 aromatic heterocycles. The van der Waals surface area contributed by atoms with Gasteiger partial charge in [0.1, 0.15) is 5.82 Å². The number of pyridine rings is 1. The molecule has 0 radical (unpaired) electrons. The summed E-state index contributed by atoms with van der Waals surface area (Å²) in [5, 5.41) is 5.68. The number of carbonyl (C=O) groups is 1. The molecule has 2 amide bonds. The fourth-order valence-electron chi connectivity index (χ4n) is 2.95. The molecule has 2 heterocycles. The predicted molar refractivity (Wildman–Crippen MR) is 111 cm³/mol. The van der Waals surface area contributed by atoms with Crippen molar-refractivity contribution in [1.82, 2.24) is 8.96 Å². The smallest absolute Gasteiger partial charge is 0.308 e. The Labute approximate surface area is 178 Å². The Morgan fingerprint density at radius 2 is 1.77 bits per heavy atom. The highest BCUT2D eigenvalue weighted by atomic mass is 32.2. The summed E-state index contributed by atoms with van der Waals surface area (Å²) < 4.78 is 54.0. The van der Waals surface area contributed by atoms with Crippen LogP contribution < -0.4 is 10.6 Å². The summed E-state index contributed by atoms with van der Waals surface area (Å²) in [5.74, 6) is -1.41. The number of anilines is 2. The van der Waals surface area contributed by atoms with Gasteiger partial charge in [0, 0.05) is 34.6 Å². The normalized spacial score (nSPS) is 11.5. The lowest BCUT2D eigenvalue weighted by atomic mass is 10.2. The predicted octanol–water partition coefficient (Wildman–Crippen LogP) is 6.39. The third-order valence-corrected chi connectivity index (χ3v) is 5.33. The van der Waals surface area contributed by atoms with E-state index in [2.05, 4.69) is 15.6 Å². The average Bonchev–Trinajstić information content (AvgIpc) is 3.13. The summed E-state index contributed by atoms with van der Waals surface area (Å²) in [5.41, 5.74) is -0.315. The van der Waals surface area contributed by atoms with Gasteiger partial charge in [0.05, 0.1) is 16.8 Å². The topological polar surface area (TPSA) is 59.0 Å². The molecule has 5 nitrogen and oxygen atoms in total. The van der Waals surface area contributed by atoms with E-state index in [1.54, 1.807) is 24.5 Å². The molecule has 31 heavy (non-hydrogen) atoms. The van der Waals surface area contributed by atoms with E-state index in [9.17, 15) is 22.4 Å². The van der Waals surface area contributed by atoms with Crippen molar-refractivity contribution in [3.05, 3.63) is 84.6 Å². The summed E-state index contributed by atoms with van der Waals surface area (Å²) >= 11 is 1.47. The third kappa shape index (κ3) is 4.64. The molecular formula is C21H14F4N4OS. The van der Waals surface area contributed by atoms with Crippen LogP contribution in [0.2, 0.25) is 0 Å². The second-order valence-corrected chi connectivity index (χ2v) is 7.47. The number of alkyl halides is 3. The molecule has 0 saturated carbocycles. The highest BCUT2D eigenvalue weighted by Crippen LogP contribution is 2.33. The first kappa shape index (κ1) is 20.7. The fourth-order valence-corrected chi connectivity index (χ4v) is 3.80. The van der Waals surface area contributed by atoms with Gasteiger partial charge in [-0.15, -0.1) is 0 Å². The molecule has 0 aliphatic rings. The van der Waals surface area contributed by atoms with Crippen molar-refractivity contribution in [2.45, 2.75) is 11.1 Å². The molecule has 0 atom stereocenters. The van der Waals surface area contributed by atoms with E-state index in [1.165, 1.54) is 11.9 Å². The number of nitrogens with zero attached hydrogens (tertiary/aromatic N) is 2. The Balaban J connectivity index is 1.53. The van der Waals surface area contributed by atoms with Gasteiger partial charge in [-0.25, -0.2) is 9.18 Å². The van der Waals surface area contributed by atoms with Crippen LogP contribution in [0.15, 0.2) is 78.1 Å². The van der Waals surface area contributed by atoms with E-state index in [0.717, 1.165) is 21.9 Å². The first-order chi connectivity index (χ1) is 14.8. The largest absolute Gasteiger partial charge is 0.419 e. The number of hydrogen-bond acceptors (Lipinski definition) is 3. The summed E-state index contributed by atoms with van der Waals surface area (Å²) in [6, 6.07) is 12.4. The van der Waals surface area contributed by atoms with Gasteiger partial charge in [-0.05, 0) is 60.5 Å². The second kappa shape index (κ2) is 8.31. The molecule has 0 aliphatic heterocycles. The number of urea groups is 1. The van der Waals surface area contributed by atoms with E-state index in [4.69, 9.17) is 0 Å². The number of nitrogens with one attached hydrogen (secondary N) is 2. The molecule has 0 aliphatic carbocycles. The second-order valence-electron chi connectivity index (χ2n) is 6.43. The first-order valence-corrected chi connectivity index (χ1v) is 9.72. The first-order valence-electron chi connectivity index (χ1n) is 8.94. The molecule has 4 aromatic rings. The Bertz CT molecular complexity index is 1240. The van der Waals surface area contributed by atoms with Crippen molar-refractivity contribution in [3.8, 4) is 0 Å². The van der Waals surface area contributed by atoms with Gasteiger partial charge < -0.3 is 10.6 Å². The van der Waals surface area contributed by atoms with Gasteiger partial charge in [0.25, 0.3) is 0 Å². The Morgan fingerprint density at radius 1 is 1.00 bits per heavy atom. The number of carbonyl (C=O) groups excluding carboxylic acids is 1. The maximum Gasteiger partial charge on any atom is 0.419 e. The van der Waals surface area contributed by atoms with E-state index >= 15 is 0 Å². The Morgan fingerprint density at radius 3 is 2.52 bits per heavy atom. The molecule has 0 saturated heterocycles. The molecule has 0 bridgehead atoms. The van der Waals surface area contributed by atoms with Crippen molar-refractivity contribution < 1.29 is 22.4 Å². The standard InChI is InChI=1S/C21H14F4N4OS/c22-17-5-4-13(12-16(17)21(23,24)25)27-20(30)28-18-2-1-3-19-15(18)8-11-29(19)31-14-6-9-26-10-7-14/h1-12H,(H2,27,28,30). The number of amides is 2. The summed E-state index contributed by atoms with van der Waals surface area (Å²) in [4.78, 5) is 17.3. The lowest BCUT2D eigenvalue weighted by Gasteiger charge is -2.12. The minimum atomic E-state index is -4.86. The molecule has 2 N–H and O–H groups in total. The maximum atomic E-state index is 13.4. The number of halogens is 4. The van der Waals surface area contributed by atoms with Crippen LogP contribution >= 0.6 is 11.9 Å². The van der Waals surface area contributed by atoms with E-state index < -0.39 is 23.6 Å². The monoisotopic (exact) mass is 446 g/mol. The lowest BCUT2D eigenvalue weighted by molar-refractivity contribution is -0.139. The van der Waals surface area contributed by atoms with Crippen molar-refractivity contribution in [3.63, 3.8) is 0 Å². The minimum absolute atomic E-state index is 0.177. The molecule has 0 unspecified atom stereocenters. The summed E-state index contributed by atoms with van der Waals surface area (Å²) in [6.45, 7) is 0. The molecular weight excluding hydrogens is 432 g/mol. The van der Waals surface area contributed by atoms with Crippen molar-refractivity contribution in [2.75, 3.05) is 10.6 Å². The number of hydrogen-bond donors (Lipinski definition) is 2. The van der Waals surface area contributed by atoms with Crippen LogP contribution in [0.4, 0.5) is 33.7 Å². The number of rotatable bonds is 4. The third-order valence-electron chi connectivity index (χ3n) is 4.33. The number of fused-ring (bicyclic) bond motifs is 1. The molecule has 10 heteroatoms. The number of aromatic nitrogens is 2. The zero-order chi connectivity index (χ0) is 22.0. The Hall–Kier alpha value is -3.53. The van der Waals surface area contributed by atoms with E-state index in [0.29, 0.717) is 17.8 Å². The fraction of sp³-hybridized carbons (Fsp3) is 0.0476. The summed E-state index contributed by atoms with van der Waals surface area (Å²) in [7, 11) is 0. The van der Waals surface area contributed by atoms with Gasteiger partial charge in [0.15, 0.2) is 0 Å². The maximum absolute atomic E-state index is 13.4. The number of benzene rings is 2. The zero-order valence-corrected chi connectivity index (χ0v) is 16.5. The SMILES string of the molecule is O=C(Nc1ccc(F)c(C(F)(F)F)c1)Nc1cccc2c1ccn2Sc1ccncc1. The van der Waals surface area contributed by atoms with Gasteiger partial charge >= 0.3 is 12.2 Å². The molecule has 2 aromatic carbocycles. The molecule has 0 fully saturated rings. The van der Waals surface area contributed by atoms with Crippen molar-refractivity contribution in [2.24, 2.45) is 0 Å². The van der Waals surface area contributed by atoms with Crippen LogP contribution in [-0.2, 0) is 6.18 Å². The van der Waals surface area contributed by atoms with Gasteiger partial charge in [0.2, 0.25) is 0 Å². The minimum Gasteiger partial charge on any atom is -0.308 e. The van der Waals surface area contributed by atoms with Crippen LogP contribution in [0.25, 0.3) is 10.9 Å². The zero-order valence-electron chi connectivity index (χ0n) is 15.7. The van der Waals surface area contributed by atoms with E-state index in [1.807, 2.05) is 34.4 Å². The van der Waals surface area contributed by atoms with Gasteiger partial charge in [-0.2, -0.15) is 13.2 Å². The quantitative estimate of drug-likeness (QED) is 0.357. The van der Waals surface area contributed by atoms with Crippen LogP contribution in [0.1, 0.15) is 5.56 Å². The Kier molecular flexibility index (Phi) is 5.55. The van der Waals surface area contributed by atoms with Crippen LogP contribution in [-0.4, -0.2) is 15.0 Å². The average molecular weight is 446 g/mol. The molecule has 158 valence electrons. The van der Waals surface area contributed by atoms with Gasteiger partial charge in [-0.3, -0.25) is 8.96 Å². The summed E-state index contributed by atoms with van der Waals surface area (Å²) in [6.07, 6.45) is 0.351. The van der Waals surface area contributed by atoms with Crippen molar-refractivity contribution >= 4 is 40.3 Å². The lowest BCUT2D eigenvalue weighted by Crippen LogP contribution is -2.20. The highest BCUT2D eigenvalue weighted by molar-refractivity contribution is 7.98. The van der Waals surface area contributed by atoms with Crippen LogP contribution in [0.5, 0.6) is 0 Å².